The van der Waals surface area contributed by atoms with E-state index in [-0.39, 0.29) is 11.7 Å². The first-order chi connectivity index (χ1) is 9.95. The van der Waals surface area contributed by atoms with E-state index in [2.05, 4.69) is 26.1 Å². The Balaban J connectivity index is 2.18. The van der Waals surface area contributed by atoms with E-state index in [4.69, 9.17) is 0 Å². The fraction of sp³-hybridized carbons (Fsp3) is 0.647. The number of rotatable bonds is 7. The minimum atomic E-state index is -3.09. The zero-order valence-corrected chi connectivity index (χ0v) is 14.1. The smallest absolute Gasteiger partial charge is 0.179 e. The first kappa shape index (κ1) is 16.5. The Bertz CT molecular complexity index is 566. The van der Waals surface area contributed by atoms with Gasteiger partial charge in [-0.05, 0) is 43.0 Å². The van der Waals surface area contributed by atoms with E-state index in [0.29, 0.717) is 16.7 Å². The van der Waals surface area contributed by atoms with Crippen LogP contribution in [0.4, 0.5) is 0 Å². The maximum absolute atomic E-state index is 12.3. The average Bonchev–Trinajstić information content (AvgIpc) is 2.70. The third-order valence-electron chi connectivity index (χ3n) is 4.24. The van der Waals surface area contributed by atoms with Gasteiger partial charge in [0.15, 0.2) is 9.84 Å². The molecule has 4 heteroatoms. The molecule has 0 aliphatic carbocycles. The summed E-state index contributed by atoms with van der Waals surface area (Å²) in [7, 11) is -3.09. The molecule has 1 aliphatic rings. The summed E-state index contributed by atoms with van der Waals surface area (Å²) < 4.78 is 24.7. The van der Waals surface area contributed by atoms with Crippen LogP contribution in [0.3, 0.4) is 0 Å². The van der Waals surface area contributed by atoms with E-state index in [9.17, 15) is 8.42 Å². The predicted octanol–water partition coefficient (Wildman–Crippen LogP) is 3.22. The van der Waals surface area contributed by atoms with E-state index in [1.807, 2.05) is 18.2 Å². The van der Waals surface area contributed by atoms with Crippen LogP contribution in [0, 0.1) is 11.8 Å². The zero-order valence-electron chi connectivity index (χ0n) is 13.3. The Morgan fingerprint density at radius 1 is 1.24 bits per heavy atom. The molecule has 21 heavy (non-hydrogen) atoms. The van der Waals surface area contributed by atoms with Gasteiger partial charge < -0.3 is 5.32 Å². The van der Waals surface area contributed by atoms with Gasteiger partial charge in [0.05, 0.1) is 10.6 Å². The molecule has 118 valence electrons. The number of nitrogens with one attached hydrogen (secondary N) is 1. The molecule has 1 heterocycles. The highest BCUT2D eigenvalue weighted by molar-refractivity contribution is 7.91. The molecule has 2 rings (SSSR count). The van der Waals surface area contributed by atoms with E-state index in [1.54, 1.807) is 6.07 Å². The quantitative estimate of drug-likeness (QED) is 0.841. The molecule has 0 aromatic heterocycles. The van der Waals surface area contributed by atoms with Gasteiger partial charge in [0.25, 0.3) is 0 Å². The normalized spacial score (nSPS) is 21.4. The molecule has 2 atom stereocenters. The second kappa shape index (κ2) is 6.93. The maximum atomic E-state index is 12.3. The van der Waals surface area contributed by atoms with Gasteiger partial charge in [-0.2, -0.15) is 0 Å². The van der Waals surface area contributed by atoms with Gasteiger partial charge in [-0.3, -0.25) is 0 Å². The van der Waals surface area contributed by atoms with Crippen LogP contribution in [0.15, 0.2) is 29.2 Å². The summed E-state index contributed by atoms with van der Waals surface area (Å²) in [5, 5.41) is 3.51. The largest absolute Gasteiger partial charge is 0.316 e. The number of sulfone groups is 1. The fourth-order valence-corrected chi connectivity index (χ4v) is 5.22. The Labute approximate surface area is 129 Å². The van der Waals surface area contributed by atoms with Crippen LogP contribution >= 0.6 is 0 Å². The lowest BCUT2D eigenvalue weighted by Gasteiger charge is -2.24. The van der Waals surface area contributed by atoms with Crippen LogP contribution in [0.25, 0.3) is 0 Å². The Kier molecular flexibility index (Phi) is 5.44. The highest BCUT2D eigenvalue weighted by Gasteiger charge is 2.38. The Hall–Kier alpha value is -0.870. The van der Waals surface area contributed by atoms with E-state index < -0.39 is 9.84 Å². The standard InChI is InChI=1S/C17H27NO2S/c1-4-7-14(11-18-10-13(2)3)16-12-21(19,20)17-9-6-5-8-15(16)17/h5-6,8-9,13-14,16,18H,4,7,10-12H2,1-3H3. The third-order valence-corrected chi connectivity index (χ3v) is 6.08. The van der Waals surface area contributed by atoms with E-state index >= 15 is 0 Å². The van der Waals surface area contributed by atoms with Crippen LogP contribution < -0.4 is 5.32 Å². The third kappa shape index (κ3) is 3.86. The van der Waals surface area contributed by atoms with Gasteiger partial charge >= 0.3 is 0 Å². The molecule has 2 unspecified atom stereocenters. The molecular weight excluding hydrogens is 282 g/mol. The van der Waals surface area contributed by atoms with Crippen molar-refractivity contribution in [3.8, 4) is 0 Å². The van der Waals surface area contributed by atoms with Crippen molar-refractivity contribution < 1.29 is 8.42 Å². The zero-order chi connectivity index (χ0) is 15.5. The fourth-order valence-electron chi connectivity index (χ4n) is 3.25. The van der Waals surface area contributed by atoms with E-state index in [1.165, 1.54) is 0 Å². The molecule has 0 amide bonds. The van der Waals surface area contributed by atoms with Gasteiger partial charge in [-0.1, -0.05) is 45.4 Å². The minimum absolute atomic E-state index is 0.144. The molecule has 0 saturated carbocycles. The predicted molar refractivity (Wildman–Crippen MR) is 87.3 cm³/mol. The summed E-state index contributed by atoms with van der Waals surface area (Å²) in [6.07, 6.45) is 2.16. The van der Waals surface area contributed by atoms with Gasteiger partial charge in [0, 0.05) is 5.92 Å². The first-order valence-corrected chi connectivity index (χ1v) is 9.63. The molecule has 0 spiro atoms. The highest BCUT2D eigenvalue weighted by Crippen LogP contribution is 2.40. The first-order valence-electron chi connectivity index (χ1n) is 7.98. The van der Waals surface area contributed by atoms with Crippen molar-refractivity contribution in [2.24, 2.45) is 11.8 Å². The van der Waals surface area contributed by atoms with Crippen LogP contribution in [0.1, 0.15) is 45.1 Å². The van der Waals surface area contributed by atoms with Crippen LogP contribution in [0.2, 0.25) is 0 Å². The average molecular weight is 309 g/mol. The SMILES string of the molecule is CCCC(CNCC(C)C)C1CS(=O)(=O)c2ccccc21. The highest BCUT2D eigenvalue weighted by atomic mass is 32.2. The lowest BCUT2D eigenvalue weighted by molar-refractivity contribution is 0.377. The van der Waals surface area contributed by atoms with Gasteiger partial charge in [0.2, 0.25) is 0 Å². The number of hydrogen-bond donors (Lipinski definition) is 1. The van der Waals surface area contributed by atoms with Crippen molar-refractivity contribution >= 4 is 9.84 Å². The van der Waals surface area contributed by atoms with Crippen LogP contribution in [-0.2, 0) is 9.84 Å². The van der Waals surface area contributed by atoms with Crippen molar-refractivity contribution in [2.45, 2.75) is 44.4 Å². The molecular formula is C17H27NO2S. The molecule has 1 aromatic rings. The molecule has 1 aliphatic heterocycles. The van der Waals surface area contributed by atoms with Crippen LogP contribution in [0.5, 0.6) is 0 Å². The van der Waals surface area contributed by atoms with Gasteiger partial charge in [-0.25, -0.2) is 8.42 Å². The van der Waals surface area contributed by atoms with Crippen molar-refractivity contribution in [3.05, 3.63) is 29.8 Å². The molecule has 0 bridgehead atoms. The minimum Gasteiger partial charge on any atom is -0.316 e. The van der Waals surface area contributed by atoms with Crippen molar-refractivity contribution in [1.29, 1.82) is 0 Å². The molecule has 0 radical (unpaired) electrons. The number of hydrogen-bond acceptors (Lipinski definition) is 3. The second-order valence-corrected chi connectivity index (χ2v) is 8.53. The Morgan fingerprint density at radius 2 is 1.95 bits per heavy atom. The lowest BCUT2D eigenvalue weighted by Crippen LogP contribution is -2.30. The molecule has 1 N–H and O–H groups in total. The molecule has 3 nitrogen and oxygen atoms in total. The summed E-state index contributed by atoms with van der Waals surface area (Å²) in [4.78, 5) is 0.556. The Morgan fingerprint density at radius 3 is 2.62 bits per heavy atom. The summed E-state index contributed by atoms with van der Waals surface area (Å²) in [5.41, 5.74) is 1.03. The van der Waals surface area contributed by atoms with Gasteiger partial charge in [-0.15, -0.1) is 0 Å². The summed E-state index contributed by atoms with van der Waals surface area (Å²) in [6, 6.07) is 7.53. The van der Waals surface area contributed by atoms with E-state index in [0.717, 1.165) is 31.5 Å². The molecule has 1 aromatic carbocycles. The molecule has 0 saturated heterocycles. The maximum Gasteiger partial charge on any atom is 0.179 e. The number of benzene rings is 1. The topological polar surface area (TPSA) is 46.2 Å². The lowest BCUT2D eigenvalue weighted by atomic mass is 9.84. The van der Waals surface area contributed by atoms with Gasteiger partial charge in [0.1, 0.15) is 0 Å². The second-order valence-electron chi connectivity index (χ2n) is 6.53. The summed E-state index contributed by atoms with van der Waals surface area (Å²) in [6.45, 7) is 8.45. The number of fused-ring (bicyclic) bond motifs is 1. The van der Waals surface area contributed by atoms with Crippen LogP contribution in [-0.4, -0.2) is 27.3 Å². The summed E-state index contributed by atoms with van der Waals surface area (Å²) in [5.74, 6) is 1.44. The summed E-state index contributed by atoms with van der Waals surface area (Å²) >= 11 is 0. The van der Waals surface area contributed by atoms with Crippen molar-refractivity contribution in [3.63, 3.8) is 0 Å². The van der Waals surface area contributed by atoms with Crippen molar-refractivity contribution in [2.75, 3.05) is 18.8 Å². The van der Waals surface area contributed by atoms with Crippen molar-refractivity contribution in [1.82, 2.24) is 5.32 Å². The monoisotopic (exact) mass is 309 g/mol. The molecule has 0 fully saturated rings.